The number of hydrogen-bond donors (Lipinski definition) is 2. The monoisotopic (exact) mass is 305 g/mol. The summed E-state index contributed by atoms with van der Waals surface area (Å²) in [6.07, 6.45) is 4.76. The average Bonchev–Trinajstić information content (AvgIpc) is 3.11. The summed E-state index contributed by atoms with van der Waals surface area (Å²) in [7, 11) is 0. The Labute approximate surface area is 135 Å². The van der Waals surface area contributed by atoms with E-state index in [1.54, 1.807) is 0 Å². The van der Waals surface area contributed by atoms with E-state index in [4.69, 9.17) is 0 Å². The van der Waals surface area contributed by atoms with Crippen molar-refractivity contribution in [3.63, 3.8) is 0 Å². The number of rotatable bonds is 5. The molecule has 4 heteroatoms. The highest BCUT2D eigenvalue weighted by molar-refractivity contribution is 5.89. The second kappa shape index (κ2) is 7.31. The van der Waals surface area contributed by atoms with Crippen LogP contribution in [-0.4, -0.2) is 17.1 Å². The van der Waals surface area contributed by atoms with Gasteiger partial charge < -0.3 is 15.2 Å². The Morgan fingerprint density at radius 3 is 2.48 bits per heavy atom. The molecule has 1 heterocycles. The molecule has 2 amide bonds. The zero-order valence-corrected chi connectivity index (χ0v) is 12.8. The second-order valence-electron chi connectivity index (χ2n) is 5.26. The van der Waals surface area contributed by atoms with E-state index < -0.39 is 0 Å². The Morgan fingerprint density at radius 2 is 1.70 bits per heavy atom. The molecular formula is C19H19N3O. The lowest BCUT2D eigenvalue weighted by atomic mass is 10.1. The number of carbonyl (C=O) groups excluding carboxylic acids is 1. The summed E-state index contributed by atoms with van der Waals surface area (Å²) in [6, 6.07) is 21.6. The summed E-state index contributed by atoms with van der Waals surface area (Å²) in [5.74, 6) is 0. The van der Waals surface area contributed by atoms with Gasteiger partial charge in [0.1, 0.15) is 0 Å². The van der Waals surface area contributed by atoms with E-state index in [1.165, 1.54) is 5.56 Å². The molecule has 1 aromatic heterocycles. The highest BCUT2D eigenvalue weighted by Gasteiger charge is 2.03. The van der Waals surface area contributed by atoms with Gasteiger partial charge in [0.05, 0.1) is 0 Å². The molecule has 0 spiro atoms. The summed E-state index contributed by atoms with van der Waals surface area (Å²) in [4.78, 5) is 12.0. The lowest BCUT2D eigenvalue weighted by molar-refractivity contribution is 0.252. The Kier molecular flexibility index (Phi) is 4.74. The lowest BCUT2D eigenvalue weighted by Crippen LogP contribution is -2.30. The van der Waals surface area contributed by atoms with Crippen LogP contribution in [-0.2, 0) is 6.42 Å². The summed E-state index contributed by atoms with van der Waals surface area (Å²) >= 11 is 0. The van der Waals surface area contributed by atoms with E-state index in [0.717, 1.165) is 17.8 Å². The first kappa shape index (κ1) is 14.9. The second-order valence-corrected chi connectivity index (χ2v) is 5.26. The summed E-state index contributed by atoms with van der Waals surface area (Å²) < 4.78 is 2.00. The van der Waals surface area contributed by atoms with Gasteiger partial charge in [-0.1, -0.05) is 36.4 Å². The van der Waals surface area contributed by atoms with Crippen LogP contribution in [0.4, 0.5) is 10.5 Å². The molecule has 0 aliphatic heterocycles. The maximum atomic E-state index is 12.0. The van der Waals surface area contributed by atoms with Crippen molar-refractivity contribution in [2.45, 2.75) is 6.42 Å². The van der Waals surface area contributed by atoms with E-state index in [0.29, 0.717) is 6.54 Å². The van der Waals surface area contributed by atoms with Crippen LogP contribution in [0.3, 0.4) is 0 Å². The fourth-order valence-electron chi connectivity index (χ4n) is 2.39. The number of hydrogen-bond acceptors (Lipinski definition) is 1. The van der Waals surface area contributed by atoms with Crippen LogP contribution in [0.1, 0.15) is 5.56 Å². The van der Waals surface area contributed by atoms with Gasteiger partial charge in [0.25, 0.3) is 0 Å². The van der Waals surface area contributed by atoms with Crippen LogP contribution < -0.4 is 10.6 Å². The van der Waals surface area contributed by atoms with Crippen LogP contribution in [0.15, 0.2) is 79.1 Å². The minimum absolute atomic E-state index is 0.189. The highest BCUT2D eigenvalue weighted by Crippen LogP contribution is 2.14. The molecule has 4 nitrogen and oxygen atoms in total. The fourth-order valence-corrected chi connectivity index (χ4v) is 2.39. The van der Waals surface area contributed by atoms with Gasteiger partial charge in [-0.25, -0.2) is 4.79 Å². The number of anilines is 1. The van der Waals surface area contributed by atoms with Crippen molar-refractivity contribution in [1.82, 2.24) is 9.88 Å². The van der Waals surface area contributed by atoms with Gasteiger partial charge in [-0.05, 0) is 42.3 Å². The average molecular weight is 305 g/mol. The van der Waals surface area contributed by atoms with Crippen molar-refractivity contribution >= 4 is 11.7 Å². The predicted octanol–water partition coefficient (Wildman–Crippen LogP) is 3.84. The first-order chi connectivity index (χ1) is 11.3. The van der Waals surface area contributed by atoms with Gasteiger partial charge >= 0.3 is 6.03 Å². The minimum atomic E-state index is -0.189. The van der Waals surface area contributed by atoms with E-state index >= 15 is 0 Å². The normalized spacial score (nSPS) is 10.3. The smallest absolute Gasteiger partial charge is 0.319 e. The number of carbonyl (C=O) groups is 1. The number of nitrogens with one attached hydrogen (secondary N) is 2. The molecule has 0 aliphatic rings. The maximum absolute atomic E-state index is 12.0. The van der Waals surface area contributed by atoms with E-state index in [2.05, 4.69) is 22.8 Å². The van der Waals surface area contributed by atoms with Crippen LogP contribution in [0.25, 0.3) is 5.69 Å². The molecule has 0 bridgehead atoms. The van der Waals surface area contributed by atoms with Gasteiger partial charge in [0, 0.05) is 30.3 Å². The number of amides is 2. The predicted molar refractivity (Wildman–Crippen MR) is 92.9 cm³/mol. The van der Waals surface area contributed by atoms with Gasteiger partial charge in [0.2, 0.25) is 0 Å². The zero-order valence-electron chi connectivity index (χ0n) is 12.8. The SMILES string of the molecule is O=C(NCCc1ccccc1)Nc1cccc(-n2cccc2)c1. The maximum Gasteiger partial charge on any atom is 0.319 e. The Hall–Kier alpha value is -3.01. The van der Waals surface area contributed by atoms with Gasteiger partial charge in [-0.15, -0.1) is 0 Å². The van der Waals surface area contributed by atoms with E-state index in [9.17, 15) is 4.79 Å². The van der Waals surface area contributed by atoms with Crippen molar-refractivity contribution < 1.29 is 4.79 Å². The molecule has 23 heavy (non-hydrogen) atoms. The van der Waals surface area contributed by atoms with Crippen molar-refractivity contribution in [1.29, 1.82) is 0 Å². The topological polar surface area (TPSA) is 46.1 Å². The summed E-state index contributed by atoms with van der Waals surface area (Å²) in [5.41, 5.74) is 2.99. The van der Waals surface area contributed by atoms with Crippen molar-refractivity contribution in [2.24, 2.45) is 0 Å². The third-order valence-electron chi connectivity index (χ3n) is 3.55. The van der Waals surface area contributed by atoms with Gasteiger partial charge in [-0.2, -0.15) is 0 Å². The lowest BCUT2D eigenvalue weighted by Gasteiger charge is -2.09. The number of urea groups is 1. The number of benzene rings is 2. The van der Waals surface area contributed by atoms with E-state index in [1.807, 2.05) is 71.6 Å². The molecule has 3 aromatic rings. The van der Waals surface area contributed by atoms with Crippen molar-refractivity contribution in [3.05, 3.63) is 84.7 Å². The Bertz CT molecular complexity index is 751. The Balaban J connectivity index is 1.53. The first-order valence-electron chi connectivity index (χ1n) is 7.63. The number of aromatic nitrogens is 1. The molecule has 2 aromatic carbocycles. The summed E-state index contributed by atoms with van der Waals surface area (Å²) in [5, 5.41) is 5.74. The van der Waals surface area contributed by atoms with E-state index in [-0.39, 0.29) is 6.03 Å². The molecule has 2 N–H and O–H groups in total. The molecule has 0 saturated heterocycles. The Morgan fingerprint density at radius 1 is 0.913 bits per heavy atom. The van der Waals surface area contributed by atoms with Crippen LogP contribution in [0.5, 0.6) is 0 Å². The molecular weight excluding hydrogens is 286 g/mol. The highest BCUT2D eigenvalue weighted by atomic mass is 16.2. The third kappa shape index (κ3) is 4.23. The molecule has 0 atom stereocenters. The van der Waals surface area contributed by atoms with Gasteiger partial charge in [-0.3, -0.25) is 0 Å². The van der Waals surface area contributed by atoms with Crippen molar-refractivity contribution in [3.8, 4) is 5.69 Å². The first-order valence-corrected chi connectivity index (χ1v) is 7.63. The molecule has 0 radical (unpaired) electrons. The molecule has 3 rings (SSSR count). The largest absolute Gasteiger partial charge is 0.338 e. The van der Waals surface area contributed by atoms with Crippen LogP contribution in [0.2, 0.25) is 0 Å². The summed E-state index contributed by atoms with van der Waals surface area (Å²) in [6.45, 7) is 0.604. The molecule has 116 valence electrons. The van der Waals surface area contributed by atoms with Gasteiger partial charge in [0.15, 0.2) is 0 Å². The minimum Gasteiger partial charge on any atom is -0.338 e. The van der Waals surface area contributed by atoms with Crippen molar-refractivity contribution in [2.75, 3.05) is 11.9 Å². The van der Waals surface area contributed by atoms with Crippen LogP contribution in [0, 0.1) is 0 Å². The molecule has 0 fully saturated rings. The quantitative estimate of drug-likeness (QED) is 0.739. The molecule has 0 aliphatic carbocycles. The zero-order chi connectivity index (χ0) is 15.9. The number of nitrogens with zero attached hydrogens (tertiary/aromatic N) is 1. The van der Waals surface area contributed by atoms with Crippen LogP contribution >= 0.6 is 0 Å². The standard InChI is InChI=1S/C19H19N3O/c23-19(20-12-11-16-7-2-1-3-8-16)21-17-9-6-10-18(15-17)22-13-4-5-14-22/h1-10,13-15H,11-12H2,(H2,20,21,23). The molecule has 0 unspecified atom stereocenters. The third-order valence-corrected chi connectivity index (χ3v) is 3.55. The molecule has 0 saturated carbocycles. The fraction of sp³-hybridized carbons (Fsp3) is 0.105.